The van der Waals surface area contributed by atoms with Gasteiger partial charge in [0.25, 0.3) is 0 Å². The number of fused-ring (bicyclic) bond motifs is 1. The molecule has 7 heteroatoms. The standard InChI is InChI=1S/C16H23NO5S/c1-4-16(2,3)10-22-23(20)11-17(15(18)19)13-8-7-12-6-5-9-21-14(12)13/h5-6,9H,4,7-8,10-11H2,1-3H3,(H,18,19). The molecular weight excluding hydrogens is 318 g/mol. The summed E-state index contributed by atoms with van der Waals surface area (Å²) in [6.45, 7) is 6.38. The topological polar surface area (TPSA) is 76.1 Å². The molecule has 23 heavy (non-hydrogen) atoms. The molecule has 0 fully saturated rings. The van der Waals surface area contributed by atoms with Crippen molar-refractivity contribution in [2.75, 3.05) is 12.5 Å². The Morgan fingerprint density at radius 1 is 1.48 bits per heavy atom. The van der Waals surface area contributed by atoms with Crippen molar-refractivity contribution >= 4 is 17.2 Å². The third-order valence-electron chi connectivity index (χ3n) is 4.08. The maximum Gasteiger partial charge on any atom is 0.412 e. The molecule has 0 bridgehead atoms. The van der Waals surface area contributed by atoms with Crippen LogP contribution in [-0.4, -0.2) is 32.8 Å². The lowest BCUT2D eigenvalue weighted by atomic mass is 9.92. The molecule has 0 spiro atoms. The second-order valence-corrected chi connectivity index (χ2v) is 7.44. The zero-order valence-corrected chi connectivity index (χ0v) is 14.5. The highest BCUT2D eigenvalue weighted by molar-refractivity contribution is 7.80. The quantitative estimate of drug-likeness (QED) is 0.767. The number of ether oxygens (including phenoxy) is 1. The predicted octanol–water partition coefficient (Wildman–Crippen LogP) is 3.52. The van der Waals surface area contributed by atoms with Crippen LogP contribution in [0.3, 0.4) is 0 Å². The number of amides is 1. The molecule has 1 unspecified atom stereocenters. The Morgan fingerprint density at radius 3 is 2.87 bits per heavy atom. The average molecular weight is 341 g/mol. The minimum Gasteiger partial charge on any atom is -0.465 e. The van der Waals surface area contributed by atoms with E-state index in [1.807, 2.05) is 26.8 Å². The molecule has 2 rings (SSSR count). The number of allylic oxidation sites excluding steroid dienone is 4. The first kappa shape index (κ1) is 17.7. The van der Waals surface area contributed by atoms with Gasteiger partial charge in [0, 0.05) is 0 Å². The van der Waals surface area contributed by atoms with Gasteiger partial charge in [-0.2, -0.15) is 0 Å². The van der Waals surface area contributed by atoms with Crippen molar-refractivity contribution in [2.24, 2.45) is 5.41 Å². The lowest BCUT2D eigenvalue weighted by Crippen LogP contribution is -2.33. The minimum atomic E-state index is -1.71. The molecule has 6 nitrogen and oxygen atoms in total. The van der Waals surface area contributed by atoms with Crippen molar-refractivity contribution < 1.29 is 23.0 Å². The fraction of sp³-hybridized carbons (Fsp3) is 0.562. The Morgan fingerprint density at radius 2 is 2.22 bits per heavy atom. The second kappa shape index (κ2) is 7.31. The highest BCUT2D eigenvalue weighted by atomic mass is 32.2. The monoisotopic (exact) mass is 341 g/mol. The van der Waals surface area contributed by atoms with E-state index in [0.29, 0.717) is 24.5 Å². The Labute approximate surface area is 139 Å². The first-order chi connectivity index (χ1) is 10.8. The summed E-state index contributed by atoms with van der Waals surface area (Å²) in [6.07, 6.45) is 6.20. The van der Waals surface area contributed by atoms with E-state index in [9.17, 15) is 14.1 Å². The fourth-order valence-electron chi connectivity index (χ4n) is 2.21. The van der Waals surface area contributed by atoms with Gasteiger partial charge in [-0.05, 0) is 36.3 Å². The Kier molecular flexibility index (Phi) is 5.64. The van der Waals surface area contributed by atoms with Gasteiger partial charge in [-0.1, -0.05) is 26.8 Å². The van der Waals surface area contributed by atoms with Crippen LogP contribution in [0.2, 0.25) is 0 Å². The SMILES string of the molecule is CCC(C)(C)COS(=O)CN(C(=O)O)C1=C2OC=CC=C2CC1. The summed E-state index contributed by atoms with van der Waals surface area (Å²) in [5, 5.41) is 9.46. The number of hydrogen-bond donors (Lipinski definition) is 1. The normalized spacial score (nSPS) is 18.3. The van der Waals surface area contributed by atoms with Crippen molar-refractivity contribution in [1.82, 2.24) is 4.90 Å². The summed E-state index contributed by atoms with van der Waals surface area (Å²) in [6, 6.07) is 0. The van der Waals surface area contributed by atoms with Crippen molar-refractivity contribution in [3.8, 4) is 0 Å². The molecule has 0 radical (unpaired) electrons. The molecule has 0 aromatic rings. The second-order valence-electron chi connectivity index (χ2n) is 6.34. The molecular formula is C16H23NO5S. The van der Waals surface area contributed by atoms with Gasteiger partial charge in [0.2, 0.25) is 0 Å². The molecule has 0 saturated carbocycles. The van der Waals surface area contributed by atoms with Gasteiger partial charge < -0.3 is 9.84 Å². The molecule has 1 aliphatic carbocycles. The summed E-state index contributed by atoms with van der Waals surface area (Å²) < 4.78 is 22.9. The molecule has 0 aromatic carbocycles. The van der Waals surface area contributed by atoms with Gasteiger partial charge >= 0.3 is 6.09 Å². The van der Waals surface area contributed by atoms with Crippen LogP contribution in [0.15, 0.2) is 35.4 Å². The average Bonchev–Trinajstić information content (AvgIpc) is 2.94. The van der Waals surface area contributed by atoms with Crippen LogP contribution in [0.4, 0.5) is 4.79 Å². The Balaban J connectivity index is 2.06. The molecule has 1 atom stereocenters. The van der Waals surface area contributed by atoms with E-state index >= 15 is 0 Å². The molecule has 128 valence electrons. The number of carbonyl (C=O) groups is 1. The van der Waals surface area contributed by atoms with Crippen LogP contribution in [0.5, 0.6) is 0 Å². The van der Waals surface area contributed by atoms with Gasteiger partial charge in [0.15, 0.2) is 11.1 Å². The molecule has 2 aliphatic rings. The highest BCUT2D eigenvalue weighted by Crippen LogP contribution is 2.36. The first-order valence-corrected chi connectivity index (χ1v) is 8.86. The van der Waals surface area contributed by atoms with Gasteiger partial charge in [-0.25, -0.2) is 9.00 Å². The van der Waals surface area contributed by atoms with E-state index in [-0.39, 0.29) is 11.3 Å². The van der Waals surface area contributed by atoms with E-state index in [4.69, 9.17) is 8.92 Å². The number of carboxylic acid groups (broad SMARTS) is 1. The Bertz CT molecular complexity index is 591. The first-order valence-electron chi connectivity index (χ1n) is 7.62. The molecule has 0 saturated heterocycles. The zero-order valence-electron chi connectivity index (χ0n) is 13.7. The highest BCUT2D eigenvalue weighted by Gasteiger charge is 2.31. The van der Waals surface area contributed by atoms with E-state index in [1.54, 1.807) is 6.08 Å². The number of hydrogen-bond acceptors (Lipinski definition) is 4. The van der Waals surface area contributed by atoms with Gasteiger partial charge in [-0.3, -0.25) is 9.08 Å². The van der Waals surface area contributed by atoms with E-state index < -0.39 is 17.2 Å². The number of rotatable bonds is 7. The van der Waals surface area contributed by atoms with Crippen molar-refractivity contribution in [2.45, 2.75) is 40.0 Å². The zero-order chi connectivity index (χ0) is 17.0. The van der Waals surface area contributed by atoms with E-state index in [1.165, 1.54) is 6.26 Å². The van der Waals surface area contributed by atoms with Crippen LogP contribution in [0, 0.1) is 5.41 Å². The predicted molar refractivity (Wildman–Crippen MR) is 87.5 cm³/mol. The van der Waals surface area contributed by atoms with Crippen LogP contribution >= 0.6 is 0 Å². The molecule has 1 amide bonds. The molecule has 1 N–H and O–H groups in total. The maximum atomic E-state index is 12.1. The summed E-state index contributed by atoms with van der Waals surface area (Å²) in [4.78, 5) is 12.6. The molecule has 0 aromatic heterocycles. The fourth-order valence-corrected chi connectivity index (χ4v) is 3.21. The minimum absolute atomic E-state index is 0.0911. The van der Waals surface area contributed by atoms with Gasteiger partial charge in [0.1, 0.15) is 11.6 Å². The van der Waals surface area contributed by atoms with Crippen LogP contribution in [-0.2, 0) is 20.0 Å². The van der Waals surface area contributed by atoms with Crippen molar-refractivity contribution in [1.29, 1.82) is 0 Å². The molecule has 1 aliphatic heterocycles. The molecule has 1 heterocycles. The summed E-state index contributed by atoms with van der Waals surface area (Å²) in [7, 11) is 0. The van der Waals surface area contributed by atoms with E-state index in [2.05, 4.69) is 0 Å². The van der Waals surface area contributed by atoms with Gasteiger partial charge in [0.05, 0.1) is 18.6 Å². The third-order valence-corrected chi connectivity index (χ3v) is 4.93. The Hall–Kier alpha value is -1.60. The lowest BCUT2D eigenvalue weighted by Gasteiger charge is -2.24. The van der Waals surface area contributed by atoms with Gasteiger partial charge in [-0.15, -0.1) is 0 Å². The van der Waals surface area contributed by atoms with Crippen LogP contribution < -0.4 is 0 Å². The summed E-state index contributed by atoms with van der Waals surface area (Å²) >= 11 is -1.71. The largest absolute Gasteiger partial charge is 0.465 e. The maximum absolute atomic E-state index is 12.1. The number of nitrogens with zero attached hydrogens (tertiary/aromatic N) is 1. The van der Waals surface area contributed by atoms with Crippen LogP contribution in [0.25, 0.3) is 0 Å². The van der Waals surface area contributed by atoms with Crippen molar-refractivity contribution in [3.05, 3.63) is 35.4 Å². The summed E-state index contributed by atoms with van der Waals surface area (Å²) in [5.74, 6) is 0.342. The lowest BCUT2D eigenvalue weighted by molar-refractivity contribution is 0.157. The van der Waals surface area contributed by atoms with Crippen molar-refractivity contribution in [3.63, 3.8) is 0 Å². The summed E-state index contributed by atoms with van der Waals surface area (Å²) in [5.41, 5.74) is 1.42. The van der Waals surface area contributed by atoms with E-state index in [0.717, 1.165) is 23.3 Å². The smallest absolute Gasteiger partial charge is 0.412 e. The van der Waals surface area contributed by atoms with Crippen LogP contribution in [0.1, 0.15) is 40.0 Å². The third kappa shape index (κ3) is 4.45.